The second kappa shape index (κ2) is 12.2. The number of imide groups is 1. The van der Waals surface area contributed by atoms with Crippen LogP contribution in [-0.2, 0) is 21.4 Å². The number of imidazole rings is 1. The smallest absolute Gasteiger partial charge is 0.329 e. The Hall–Kier alpha value is -2.89. The van der Waals surface area contributed by atoms with Gasteiger partial charge in [-0.1, -0.05) is 38.7 Å². The fraction of sp³-hybridized carbons (Fsp3) is 0.542. The van der Waals surface area contributed by atoms with Gasteiger partial charge in [0.25, 0.3) is 0 Å². The lowest BCUT2D eigenvalue weighted by molar-refractivity contribution is -0.135. The highest BCUT2D eigenvalue weighted by Crippen LogP contribution is 2.24. The molecule has 2 amide bonds. The fourth-order valence-electron chi connectivity index (χ4n) is 3.77. The third-order valence-corrected chi connectivity index (χ3v) is 5.41. The first kappa shape index (κ1) is 25.4. The molecule has 1 aliphatic heterocycles. The summed E-state index contributed by atoms with van der Waals surface area (Å²) < 4.78 is 8.80. The van der Waals surface area contributed by atoms with E-state index in [0.29, 0.717) is 29.6 Å². The van der Waals surface area contributed by atoms with E-state index in [1.54, 1.807) is 13.1 Å². The molecule has 32 heavy (non-hydrogen) atoms. The number of aromatic nitrogens is 2. The number of fused-ring (bicyclic) bond motifs is 1. The van der Waals surface area contributed by atoms with E-state index in [-0.39, 0.29) is 24.1 Å². The number of para-hydroxylation sites is 1. The predicted molar refractivity (Wildman–Crippen MR) is 125 cm³/mol. The van der Waals surface area contributed by atoms with Crippen LogP contribution in [0.2, 0.25) is 0 Å². The van der Waals surface area contributed by atoms with Gasteiger partial charge in [-0.25, -0.2) is 4.79 Å². The van der Waals surface area contributed by atoms with Gasteiger partial charge in [-0.3, -0.25) is 24.0 Å². The van der Waals surface area contributed by atoms with Crippen molar-refractivity contribution in [2.75, 3.05) is 20.2 Å². The summed E-state index contributed by atoms with van der Waals surface area (Å²) in [5.74, 6) is 5.40. The molecule has 0 bridgehead atoms. The van der Waals surface area contributed by atoms with Crippen LogP contribution >= 0.6 is 0 Å². The first-order chi connectivity index (χ1) is 15.5. The summed E-state index contributed by atoms with van der Waals surface area (Å²) in [5.41, 5.74) is 1.69. The summed E-state index contributed by atoms with van der Waals surface area (Å²) in [6.07, 6.45) is 2.51. The van der Waals surface area contributed by atoms with Crippen LogP contribution in [0, 0.1) is 11.8 Å². The number of benzene rings is 1. The lowest BCUT2D eigenvalue weighted by atomic mass is 10.1. The predicted octanol–water partition coefficient (Wildman–Crippen LogP) is 2.10. The van der Waals surface area contributed by atoms with Crippen molar-refractivity contribution in [3.8, 4) is 11.8 Å². The zero-order valence-corrected chi connectivity index (χ0v) is 19.7. The summed E-state index contributed by atoms with van der Waals surface area (Å²) in [6.45, 7) is 7.28. The van der Waals surface area contributed by atoms with E-state index in [9.17, 15) is 14.4 Å². The third kappa shape index (κ3) is 5.67. The maximum atomic E-state index is 12.9. The molecule has 0 saturated carbocycles. The highest BCUT2D eigenvalue weighted by Gasteiger charge is 2.31. The van der Waals surface area contributed by atoms with E-state index < -0.39 is 11.9 Å². The minimum atomic E-state index is -0.706. The zero-order chi connectivity index (χ0) is 23.7. The number of nitrogens with zero attached hydrogens (tertiary/aromatic N) is 2. The Balaban J connectivity index is 0.00000176. The molecule has 2 heterocycles. The SMILES string of the molecule is CC.CCC(CCNC)OCC#Cc1cccc2c1n(C)c(=O)n2C1CCC(=O)NC1=O. The van der Waals surface area contributed by atoms with Crippen LogP contribution in [0.25, 0.3) is 11.0 Å². The van der Waals surface area contributed by atoms with E-state index in [0.717, 1.165) is 19.4 Å². The molecule has 0 spiro atoms. The highest BCUT2D eigenvalue weighted by molar-refractivity contribution is 6.00. The number of hydrogen-bond acceptors (Lipinski definition) is 5. The maximum Gasteiger partial charge on any atom is 0.329 e. The fourth-order valence-corrected chi connectivity index (χ4v) is 3.77. The van der Waals surface area contributed by atoms with E-state index >= 15 is 0 Å². The number of carbonyl (C=O) groups is 2. The van der Waals surface area contributed by atoms with Crippen molar-refractivity contribution in [2.45, 2.75) is 58.6 Å². The van der Waals surface area contributed by atoms with Crippen molar-refractivity contribution in [3.05, 3.63) is 34.2 Å². The highest BCUT2D eigenvalue weighted by atomic mass is 16.5. The molecule has 2 atom stereocenters. The minimum absolute atomic E-state index is 0.153. The van der Waals surface area contributed by atoms with Gasteiger partial charge < -0.3 is 10.1 Å². The van der Waals surface area contributed by atoms with Gasteiger partial charge in [0.2, 0.25) is 11.8 Å². The van der Waals surface area contributed by atoms with Crippen molar-refractivity contribution in [1.29, 1.82) is 0 Å². The monoisotopic (exact) mass is 442 g/mol. The van der Waals surface area contributed by atoms with Gasteiger partial charge in [0, 0.05) is 13.5 Å². The standard InChI is InChI=1S/C22H28N4O4.C2H6/c1-4-16(12-13-23-2)30-14-6-8-15-7-5-9-17-20(15)25(3)22(29)26(17)18-10-11-19(27)24-21(18)28;1-2/h5,7,9,16,18,23H,4,10-14H2,1-3H3,(H,24,27,28);1-2H3. The number of piperidine rings is 1. The molecule has 1 aliphatic rings. The molecule has 8 nitrogen and oxygen atoms in total. The molecule has 1 saturated heterocycles. The average molecular weight is 443 g/mol. The average Bonchev–Trinajstić information content (AvgIpc) is 3.05. The first-order valence-corrected chi connectivity index (χ1v) is 11.3. The van der Waals surface area contributed by atoms with E-state index in [4.69, 9.17) is 4.74 Å². The summed E-state index contributed by atoms with van der Waals surface area (Å²) in [7, 11) is 3.58. The molecule has 8 heteroatoms. The molecule has 2 aromatic rings. The van der Waals surface area contributed by atoms with E-state index in [1.807, 2.05) is 33.0 Å². The number of ether oxygens (including phenoxy) is 1. The first-order valence-electron chi connectivity index (χ1n) is 11.3. The van der Waals surface area contributed by atoms with Crippen LogP contribution in [-0.4, -0.2) is 47.3 Å². The second-order valence-corrected chi connectivity index (χ2v) is 7.39. The Kier molecular flexibility index (Phi) is 9.69. The molecule has 1 aromatic carbocycles. The number of rotatable bonds is 7. The van der Waals surface area contributed by atoms with Gasteiger partial charge in [-0.2, -0.15) is 0 Å². The molecule has 0 aliphatic carbocycles. The molecule has 2 N–H and O–H groups in total. The van der Waals surface area contributed by atoms with Gasteiger partial charge in [-0.05, 0) is 45.0 Å². The molecule has 174 valence electrons. The van der Waals surface area contributed by atoms with Crippen molar-refractivity contribution >= 4 is 22.8 Å². The van der Waals surface area contributed by atoms with Crippen molar-refractivity contribution in [2.24, 2.45) is 7.05 Å². The Morgan fingerprint density at radius 3 is 2.69 bits per heavy atom. The van der Waals surface area contributed by atoms with E-state index in [2.05, 4.69) is 29.4 Å². The Bertz CT molecular complexity index is 1060. The second-order valence-electron chi connectivity index (χ2n) is 7.39. The van der Waals surface area contributed by atoms with Crippen LogP contribution in [0.4, 0.5) is 0 Å². The topological polar surface area (TPSA) is 94.4 Å². The lowest BCUT2D eigenvalue weighted by Gasteiger charge is -2.21. The van der Waals surface area contributed by atoms with Gasteiger partial charge in [0.05, 0.1) is 22.7 Å². The van der Waals surface area contributed by atoms with Crippen molar-refractivity contribution < 1.29 is 14.3 Å². The van der Waals surface area contributed by atoms with Crippen LogP contribution in [0.1, 0.15) is 58.1 Å². The van der Waals surface area contributed by atoms with E-state index in [1.165, 1.54) is 9.13 Å². The summed E-state index contributed by atoms with van der Waals surface area (Å²) in [6, 6.07) is 4.76. The molecule has 1 fully saturated rings. The van der Waals surface area contributed by atoms with Crippen LogP contribution in [0.5, 0.6) is 0 Å². The number of nitrogens with one attached hydrogen (secondary N) is 2. The zero-order valence-electron chi connectivity index (χ0n) is 19.7. The molecule has 2 unspecified atom stereocenters. The van der Waals surface area contributed by atoms with Crippen LogP contribution < -0.4 is 16.3 Å². The summed E-state index contributed by atoms with van der Waals surface area (Å²) in [4.78, 5) is 36.7. The van der Waals surface area contributed by atoms with Crippen molar-refractivity contribution in [1.82, 2.24) is 19.8 Å². The summed E-state index contributed by atoms with van der Waals surface area (Å²) >= 11 is 0. The van der Waals surface area contributed by atoms with Gasteiger partial charge in [-0.15, -0.1) is 0 Å². The Morgan fingerprint density at radius 2 is 2.03 bits per heavy atom. The normalized spacial score (nSPS) is 16.6. The molecule has 1 aromatic heterocycles. The maximum absolute atomic E-state index is 12.9. The molecular weight excluding hydrogens is 408 g/mol. The molecular formula is C24H34N4O4. The van der Waals surface area contributed by atoms with Crippen LogP contribution in [0.15, 0.2) is 23.0 Å². The Labute approximate surface area is 189 Å². The largest absolute Gasteiger partial charge is 0.366 e. The quantitative estimate of drug-likeness (QED) is 0.506. The van der Waals surface area contributed by atoms with Gasteiger partial charge in [0.15, 0.2) is 0 Å². The van der Waals surface area contributed by atoms with Crippen molar-refractivity contribution in [3.63, 3.8) is 0 Å². The molecule has 0 radical (unpaired) electrons. The molecule has 3 rings (SSSR count). The minimum Gasteiger partial charge on any atom is -0.366 e. The number of aryl methyl sites for hydroxylation is 1. The third-order valence-electron chi connectivity index (χ3n) is 5.41. The number of amides is 2. The Morgan fingerprint density at radius 1 is 1.28 bits per heavy atom. The summed E-state index contributed by atoms with van der Waals surface area (Å²) in [5, 5.41) is 5.44. The number of hydrogen-bond donors (Lipinski definition) is 2. The van der Waals surface area contributed by atoms with Gasteiger partial charge >= 0.3 is 5.69 Å². The lowest BCUT2D eigenvalue weighted by Crippen LogP contribution is -2.44. The van der Waals surface area contributed by atoms with Crippen LogP contribution in [0.3, 0.4) is 0 Å². The number of carbonyl (C=O) groups excluding carboxylic acids is 2. The van der Waals surface area contributed by atoms with Gasteiger partial charge in [0.1, 0.15) is 12.6 Å².